The number of nitrogen functional groups attached to an aromatic ring is 2. The first kappa shape index (κ1) is 12.4. The highest BCUT2D eigenvalue weighted by Crippen LogP contribution is 2.24. The summed E-state index contributed by atoms with van der Waals surface area (Å²) in [5.41, 5.74) is 12.2. The summed E-state index contributed by atoms with van der Waals surface area (Å²) >= 11 is 0. The fourth-order valence-corrected chi connectivity index (χ4v) is 1.44. The van der Waals surface area contributed by atoms with Crippen LogP contribution in [0.2, 0.25) is 0 Å². The average Bonchev–Trinajstić information content (AvgIpc) is 2.26. The summed E-state index contributed by atoms with van der Waals surface area (Å²) in [6, 6.07) is 5.31. The van der Waals surface area contributed by atoms with Crippen molar-refractivity contribution in [3.63, 3.8) is 0 Å². The Morgan fingerprint density at radius 3 is 2.75 bits per heavy atom. The monoisotopic (exact) mass is 221 g/mol. The molecule has 0 atom stereocenters. The smallest absolute Gasteiger partial charge is 0.142 e. The molecule has 0 saturated heterocycles. The van der Waals surface area contributed by atoms with Gasteiger partial charge in [0.15, 0.2) is 0 Å². The molecule has 0 aromatic heterocycles. The second-order valence-electron chi connectivity index (χ2n) is 3.69. The van der Waals surface area contributed by atoms with Crippen molar-refractivity contribution >= 4 is 11.5 Å². The van der Waals surface area contributed by atoms with Gasteiger partial charge in [0.25, 0.3) is 0 Å². The zero-order valence-corrected chi connectivity index (χ0v) is 9.62. The minimum absolute atomic E-state index is 0.0310. The molecule has 0 spiro atoms. The molecule has 0 unspecified atom stereocenters. The predicted octanol–water partition coefficient (Wildman–Crippen LogP) is 2.12. The average molecular weight is 221 g/mol. The number of para-hydroxylation sites is 1. The number of nitrogens with two attached hydrogens (primary N) is 2. The third-order valence-electron chi connectivity index (χ3n) is 2.36. The quantitative estimate of drug-likeness (QED) is 0.298. The van der Waals surface area contributed by atoms with E-state index in [1.807, 2.05) is 0 Å². The van der Waals surface area contributed by atoms with Crippen LogP contribution in [0.1, 0.15) is 31.7 Å². The number of rotatable bonds is 6. The van der Waals surface area contributed by atoms with E-state index in [9.17, 15) is 0 Å². The molecule has 0 bridgehead atoms. The molecule has 88 valence electrons. The van der Waals surface area contributed by atoms with E-state index in [1.165, 1.54) is 0 Å². The van der Waals surface area contributed by atoms with Gasteiger partial charge in [-0.15, -0.1) is 0 Å². The first-order valence-electron chi connectivity index (χ1n) is 5.52. The van der Waals surface area contributed by atoms with Gasteiger partial charge in [-0.2, -0.15) is 0 Å². The number of anilines is 1. The van der Waals surface area contributed by atoms with Crippen LogP contribution in [0.25, 0.3) is 0 Å². The van der Waals surface area contributed by atoms with Gasteiger partial charge in [-0.05, 0) is 18.6 Å². The summed E-state index contributed by atoms with van der Waals surface area (Å²) in [6.45, 7) is 2.80. The Morgan fingerprint density at radius 1 is 1.38 bits per heavy atom. The summed E-state index contributed by atoms with van der Waals surface area (Å²) in [5, 5.41) is 7.36. The molecule has 4 heteroatoms. The van der Waals surface area contributed by atoms with Crippen LogP contribution >= 0.6 is 0 Å². The maximum atomic E-state index is 7.36. The highest BCUT2D eigenvalue weighted by Gasteiger charge is 2.07. The van der Waals surface area contributed by atoms with Crippen molar-refractivity contribution in [2.75, 3.05) is 12.3 Å². The van der Waals surface area contributed by atoms with Gasteiger partial charge in [0.1, 0.15) is 11.6 Å². The van der Waals surface area contributed by atoms with E-state index in [2.05, 4.69) is 6.92 Å². The minimum atomic E-state index is -0.0310. The summed E-state index contributed by atoms with van der Waals surface area (Å²) in [7, 11) is 0. The van der Waals surface area contributed by atoms with Gasteiger partial charge < -0.3 is 16.2 Å². The summed E-state index contributed by atoms with van der Waals surface area (Å²) in [5.74, 6) is 0.584. The Labute approximate surface area is 96.1 Å². The van der Waals surface area contributed by atoms with Crippen LogP contribution < -0.4 is 16.2 Å². The van der Waals surface area contributed by atoms with Gasteiger partial charge >= 0.3 is 0 Å². The second kappa shape index (κ2) is 6.00. The minimum Gasteiger partial charge on any atom is -0.491 e. The lowest BCUT2D eigenvalue weighted by atomic mass is 10.1. The van der Waals surface area contributed by atoms with Crippen LogP contribution in [0.3, 0.4) is 0 Å². The normalized spacial score (nSPS) is 10.1. The van der Waals surface area contributed by atoms with Crippen molar-refractivity contribution < 1.29 is 4.74 Å². The van der Waals surface area contributed by atoms with E-state index < -0.39 is 0 Å². The van der Waals surface area contributed by atoms with Crippen LogP contribution in [-0.2, 0) is 0 Å². The van der Waals surface area contributed by atoms with E-state index in [-0.39, 0.29) is 5.84 Å². The highest BCUT2D eigenvalue weighted by molar-refractivity contribution is 6.00. The molecule has 4 nitrogen and oxygen atoms in total. The molecule has 5 N–H and O–H groups in total. The number of benzene rings is 1. The number of unbranched alkanes of at least 4 members (excludes halogenated alkanes) is 2. The maximum absolute atomic E-state index is 7.36. The Balaban J connectivity index is 2.66. The molecule has 0 aliphatic carbocycles. The van der Waals surface area contributed by atoms with E-state index in [0.717, 1.165) is 19.3 Å². The standard InChI is InChI=1S/C12H19N3O/c1-2-3-4-8-16-10-7-5-6-9(11(10)13)12(14)15/h5-7H,2-4,8,13H2,1H3,(H3,14,15). The van der Waals surface area contributed by atoms with Crippen LogP contribution in [0.15, 0.2) is 18.2 Å². The predicted molar refractivity (Wildman–Crippen MR) is 66.9 cm³/mol. The first-order chi connectivity index (χ1) is 7.66. The zero-order chi connectivity index (χ0) is 12.0. The topological polar surface area (TPSA) is 85.1 Å². The lowest BCUT2D eigenvalue weighted by Crippen LogP contribution is -2.14. The summed E-state index contributed by atoms with van der Waals surface area (Å²) < 4.78 is 5.55. The van der Waals surface area contributed by atoms with Gasteiger partial charge in [-0.25, -0.2) is 0 Å². The number of amidine groups is 1. The van der Waals surface area contributed by atoms with E-state index >= 15 is 0 Å². The van der Waals surface area contributed by atoms with Crippen molar-refractivity contribution in [2.45, 2.75) is 26.2 Å². The van der Waals surface area contributed by atoms with Gasteiger partial charge in [0, 0.05) is 5.56 Å². The van der Waals surface area contributed by atoms with Crippen molar-refractivity contribution in [2.24, 2.45) is 5.73 Å². The van der Waals surface area contributed by atoms with Crippen LogP contribution in [-0.4, -0.2) is 12.4 Å². The molecule has 0 fully saturated rings. The summed E-state index contributed by atoms with van der Waals surface area (Å²) in [6.07, 6.45) is 3.32. The largest absolute Gasteiger partial charge is 0.491 e. The Bertz CT molecular complexity index is 363. The second-order valence-corrected chi connectivity index (χ2v) is 3.69. The lowest BCUT2D eigenvalue weighted by Gasteiger charge is -2.11. The Kier molecular flexibility index (Phi) is 4.64. The van der Waals surface area contributed by atoms with E-state index in [4.69, 9.17) is 21.6 Å². The number of nitrogens with one attached hydrogen (secondary N) is 1. The molecule has 1 aromatic carbocycles. The SMILES string of the molecule is CCCCCOc1cccc(C(=N)N)c1N. The Hall–Kier alpha value is -1.71. The fourth-order valence-electron chi connectivity index (χ4n) is 1.44. The molecule has 0 aliphatic heterocycles. The van der Waals surface area contributed by atoms with Gasteiger partial charge in [-0.1, -0.05) is 25.8 Å². The third kappa shape index (κ3) is 3.15. The zero-order valence-electron chi connectivity index (χ0n) is 9.62. The third-order valence-corrected chi connectivity index (χ3v) is 2.36. The molecule has 16 heavy (non-hydrogen) atoms. The van der Waals surface area contributed by atoms with Crippen LogP contribution in [0, 0.1) is 5.41 Å². The van der Waals surface area contributed by atoms with Crippen molar-refractivity contribution in [3.8, 4) is 5.75 Å². The fraction of sp³-hybridized carbons (Fsp3) is 0.417. The summed E-state index contributed by atoms with van der Waals surface area (Å²) in [4.78, 5) is 0. The van der Waals surface area contributed by atoms with Crippen LogP contribution in [0.5, 0.6) is 5.75 Å². The van der Waals surface area contributed by atoms with Crippen molar-refractivity contribution in [3.05, 3.63) is 23.8 Å². The van der Waals surface area contributed by atoms with Crippen molar-refractivity contribution in [1.29, 1.82) is 5.41 Å². The molecule has 0 saturated carbocycles. The molecule has 0 heterocycles. The van der Waals surface area contributed by atoms with E-state index in [0.29, 0.717) is 23.6 Å². The molecular weight excluding hydrogens is 202 g/mol. The Morgan fingerprint density at radius 2 is 2.12 bits per heavy atom. The van der Waals surface area contributed by atoms with Crippen molar-refractivity contribution in [1.82, 2.24) is 0 Å². The van der Waals surface area contributed by atoms with Gasteiger partial charge in [0.2, 0.25) is 0 Å². The van der Waals surface area contributed by atoms with Gasteiger partial charge in [0.05, 0.1) is 12.3 Å². The molecule has 1 rings (SSSR count). The molecule has 0 amide bonds. The number of hydrogen-bond donors (Lipinski definition) is 3. The highest BCUT2D eigenvalue weighted by atomic mass is 16.5. The maximum Gasteiger partial charge on any atom is 0.142 e. The molecule has 0 aliphatic rings. The molecule has 1 aromatic rings. The molecule has 0 radical (unpaired) electrons. The molecular formula is C12H19N3O. The van der Waals surface area contributed by atoms with E-state index in [1.54, 1.807) is 18.2 Å². The van der Waals surface area contributed by atoms with Crippen LogP contribution in [0.4, 0.5) is 5.69 Å². The number of ether oxygens (including phenoxy) is 1. The number of hydrogen-bond acceptors (Lipinski definition) is 3. The van der Waals surface area contributed by atoms with Gasteiger partial charge in [-0.3, -0.25) is 5.41 Å². The lowest BCUT2D eigenvalue weighted by molar-refractivity contribution is 0.308. The first-order valence-corrected chi connectivity index (χ1v) is 5.52.